The fourth-order valence-electron chi connectivity index (χ4n) is 0. The molecule has 0 aliphatic heterocycles. The van der Waals surface area contributed by atoms with Crippen LogP contribution in [0.15, 0.2) is 0 Å². The van der Waals surface area contributed by atoms with Gasteiger partial charge >= 0.3 is 15.3 Å². The van der Waals surface area contributed by atoms with Crippen LogP contribution in [0.4, 0.5) is 0 Å². The molecule has 121 valence electrons. The summed E-state index contributed by atoms with van der Waals surface area (Å²) in [7, 11) is 0. The molecule has 0 heterocycles. The molecule has 0 saturated heterocycles. The third-order valence-corrected chi connectivity index (χ3v) is 0. The minimum atomic E-state index is -1.25. The van der Waals surface area contributed by atoms with E-state index in [1.807, 2.05) is 0 Å². The summed E-state index contributed by atoms with van der Waals surface area (Å²) in [5.41, 5.74) is 0. The van der Waals surface area contributed by atoms with Crippen LogP contribution in [0.2, 0.25) is 0 Å². The first-order valence-corrected chi connectivity index (χ1v) is 1.75. The summed E-state index contributed by atoms with van der Waals surface area (Å²) in [5.74, 6) is 0. The van der Waals surface area contributed by atoms with Gasteiger partial charge in [0.05, 0.1) is 0 Å². The van der Waals surface area contributed by atoms with Crippen molar-refractivity contribution >= 4 is 0 Å². The Bertz CT molecular complexity index is 115. The maximum absolute atomic E-state index is 8.47. The Morgan fingerprint density at radius 3 is 0.444 bits per heavy atom. The average Bonchev–Trinajstić information content (AvgIpc) is 1.54. The molecule has 0 aromatic heterocycles. The second-order valence-electron chi connectivity index (χ2n) is 0.758. The van der Waals surface area contributed by atoms with Crippen LogP contribution < -0.4 is 0 Å². The Hall–Kier alpha value is -1.31. The molecule has 0 rings (SSSR count). The van der Waals surface area contributed by atoms with Crippen molar-refractivity contribution in [2.45, 2.75) is 0 Å². The summed E-state index contributed by atoms with van der Waals surface area (Å²) >= 11 is 0. The largest absolute Gasteiger partial charge is 0.472 e. The molecule has 16 N–H and O–H groups in total. The van der Waals surface area contributed by atoms with Crippen LogP contribution in [0.3, 0.4) is 0 Å². The van der Waals surface area contributed by atoms with Crippen LogP contribution in [-0.2, 0) is 0 Å². The van der Waals surface area contributed by atoms with Crippen molar-refractivity contribution in [2.75, 3.05) is 0 Å². The van der Waals surface area contributed by atoms with E-state index in [2.05, 4.69) is 0 Å². The Balaban J connectivity index is -0.00000000827. The van der Waals surface area contributed by atoms with Gasteiger partial charge < -0.3 is 27.4 Å². The maximum Gasteiger partial charge on any atom is 0.472 e. The van der Waals surface area contributed by atoms with Crippen molar-refractivity contribution in [1.82, 2.24) is 0 Å². The fourth-order valence-corrected chi connectivity index (χ4v) is 0. The van der Waals surface area contributed by atoms with E-state index in [0.717, 1.165) is 0 Å². The molecule has 0 saturated carbocycles. The molecule has 0 aromatic rings. The van der Waals surface area contributed by atoms with E-state index in [-0.39, 0.29) is 66.0 Å². The molecule has 0 bridgehead atoms. The molecule has 18 heteroatoms. The molecule has 0 amide bonds. The van der Waals surface area contributed by atoms with E-state index >= 15 is 0 Å². The van der Waals surface area contributed by atoms with Crippen LogP contribution in [0, 0.1) is 53.3 Å². The van der Waals surface area contributed by atoms with E-state index in [9.17, 15) is 0 Å². The molecule has 18 heavy (non-hydrogen) atoms. The predicted octanol–water partition coefficient (Wildman–Crippen LogP) is -5.49. The fraction of sp³-hybridized carbons (Fsp3) is 0. The van der Waals surface area contributed by atoms with Crippen LogP contribution in [0.5, 0.6) is 0 Å². The van der Waals surface area contributed by atoms with Crippen molar-refractivity contribution < 1.29 is 112 Å². The van der Waals surface area contributed by atoms with Gasteiger partial charge in [0.2, 0.25) is 0 Å². The number of hydrogen-bond acceptors (Lipinski definition) is 3. The summed E-state index contributed by atoms with van der Waals surface area (Å²) in [6, 6.07) is 0. The van der Waals surface area contributed by atoms with E-state index in [0.29, 0.717) is 0 Å². The molecular formula is H16N3O14Tb+3. The summed E-state index contributed by atoms with van der Waals surface area (Å²) in [6.07, 6.45) is 0. The van der Waals surface area contributed by atoms with Crippen LogP contribution in [-0.4, -0.2) is 73.9 Å². The second kappa shape index (κ2) is 57.3. The molecule has 0 unspecified atom stereocenters. The first-order chi connectivity index (χ1) is 5.20. The normalized spacial score (nSPS) is 4.00. The molecule has 0 spiro atoms. The van der Waals surface area contributed by atoms with Gasteiger partial charge in [-0.25, -0.2) is 31.2 Å². The first kappa shape index (κ1) is 69.5. The van der Waals surface area contributed by atoms with E-state index in [1.165, 1.54) is 0 Å². The third kappa shape index (κ3) is 1590. The zero-order valence-corrected chi connectivity index (χ0v) is 10.2. The molecule has 0 atom stereocenters. The molecule has 0 fully saturated rings. The van der Waals surface area contributed by atoms with E-state index in [1.54, 1.807) is 0 Å². The Morgan fingerprint density at radius 1 is 0.444 bits per heavy atom. The molecular weight excluding hydrogens is 425 g/mol. The monoisotopic (exact) mass is 441 g/mol. The van der Waals surface area contributed by atoms with Crippen molar-refractivity contribution in [3.8, 4) is 0 Å². The van der Waals surface area contributed by atoms with Crippen LogP contribution in [0.25, 0.3) is 0 Å². The van der Waals surface area contributed by atoms with Gasteiger partial charge in [-0.1, -0.05) is 0 Å². The van der Waals surface area contributed by atoms with Gasteiger partial charge in [-0.3, -0.25) is 0 Å². The Labute approximate surface area is 127 Å². The van der Waals surface area contributed by atoms with Crippen molar-refractivity contribution in [2.24, 2.45) is 0 Å². The van der Waals surface area contributed by atoms with Gasteiger partial charge in [0, 0.05) is 38.6 Å². The zero-order valence-electron chi connectivity index (χ0n) is 8.08. The zero-order chi connectivity index (χ0) is 10.7. The Kier molecular flexibility index (Phi) is 221. The van der Waals surface area contributed by atoms with Gasteiger partial charge in [-0.05, 0) is 0 Å². The van der Waals surface area contributed by atoms with Gasteiger partial charge in [0.1, 0.15) is 14.7 Å². The SMILES string of the molecule is O.O.O.O.O.O=[N+](O)O.O=[N+](O)O.O=[N+](O)O.[Tb]. The van der Waals surface area contributed by atoms with Crippen LogP contribution >= 0.6 is 0 Å². The van der Waals surface area contributed by atoms with E-state index < -0.39 is 15.3 Å². The minimum absolute atomic E-state index is 0. The van der Waals surface area contributed by atoms with Gasteiger partial charge in [0.25, 0.3) is 0 Å². The topological polar surface area (TPSA) is 339 Å². The summed E-state index contributed by atoms with van der Waals surface area (Å²) < 4.78 is 0. The molecule has 17 nitrogen and oxygen atoms in total. The number of rotatable bonds is 0. The third-order valence-electron chi connectivity index (χ3n) is 0. The van der Waals surface area contributed by atoms with Crippen molar-refractivity contribution in [3.05, 3.63) is 14.7 Å². The van der Waals surface area contributed by atoms with Gasteiger partial charge in [0.15, 0.2) is 0 Å². The standard InChI is InChI=1S/3H2NO3.5H2O.Tb/c3*2-1(3)4;;;;;;/h3*(H2,2,3,4);5*1H2;/q3*+1;;;;;;. The molecule has 0 aliphatic rings. The molecule has 1 radical (unpaired) electrons. The second-order valence-corrected chi connectivity index (χ2v) is 0.758. The smallest absolute Gasteiger partial charge is 0.412 e. The predicted molar refractivity (Wildman–Crippen MR) is 39.7 cm³/mol. The van der Waals surface area contributed by atoms with Gasteiger partial charge in [-0.15, -0.1) is 0 Å². The van der Waals surface area contributed by atoms with E-state index in [4.69, 9.17) is 46.0 Å². The average molecular weight is 441 g/mol. The van der Waals surface area contributed by atoms with Gasteiger partial charge in [-0.2, -0.15) is 0 Å². The number of hydrogen-bond donors (Lipinski definition) is 6. The maximum atomic E-state index is 8.47. The quantitative estimate of drug-likeness (QED) is 0.195. The summed E-state index contributed by atoms with van der Waals surface area (Å²) in [6.45, 7) is 0. The summed E-state index contributed by atoms with van der Waals surface area (Å²) in [4.78, 5) is 25.4. The number of nitrogens with zero attached hydrogens (tertiary/aromatic N) is 3. The molecule has 0 aromatic carbocycles. The van der Waals surface area contributed by atoms with Crippen molar-refractivity contribution in [1.29, 1.82) is 0 Å². The Morgan fingerprint density at radius 2 is 0.444 bits per heavy atom. The molecule has 0 aliphatic carbocycles. The summed E-state index contributed by atoms with van der Waals surface area (Å²) in [5, 5.41) is 37.6. The van der Waals surface area contributed by atoms with Crippen LogP contribution in [0.1, 0.15) is 0 Å². The van der Waals surface area contributed by atoms with Crippen molar-refractivity contribution in [3.63, 3.8) is 0 Å². The first-order valence-electron chi connectivity index (χ1n) is 1.75. The minimum Gasteiger partial charge on any atom is -0.412 e.